The van der Waals surface area contributed by atoms with Crippen LogP contribution in [0.1, 0.15) is 0 Å². The van der Waals surface area contributed by atoms with Gasteiger partial charge in [0, 0.05) is 13.1 Å². The summed E-state index contributed by atoms with van der Waals surface area (Å²) in [4.78, 5) is 1.85. The van der Waals surface area contributed by atoms with Gasteiger partial charge in [-0.2, -0.15) is 5.21 Å². The van der Waals surface area contributed by atoms with Crippen molar-refractivity contribution in [1.29, 1.82) is 0 Å². The van der Waals surface area contributed by atoms with Crippen molar-refractivity contribution in [1.82, 2.24) is 61.0 Å². The fraction of sp³-hybridized carbons (Fsp3) is 0.571. The van der Waals surface area contributed by atoms with Crippen molar-refractivity contribution in [2.24, 2.45) is 0 Å². The second-order valence-corrected chi connectivity index (χ2v) is 4.22. The topological polar surface area (TPSA) is 197 Å². The average Bonchev–Trinajstić information content (AvgIpc) is 3.23. The van der Waals surface area contributed by atoms with E-state index in [1.54, 1.807) is 0 Å². The van der Waals surface area contributed by atoms with Crippen LogP contribution in [0.5, 0.6) is 0 Å². The quantitative estimate of drug-likeness (QED) is 0.390. The third-order valence-electron chi connectivity index (χ3n) is 2.90. The molecule has 0 aliphatic carbocycles. The van der Waals surface area contributed by atoms with Crippen LogP contribution in [-0.4, -0.2) is 74.1 Å². The minimum atomic E-state index is 0.234. The molecule has 0 aliphatic rings. The number of nitrogens with two attached hydrogens (primary N) is 2. The first-order chi connectivity index (χ1) is 10.7. The molecule has 3 aromatic heterocycles. The monoisotopic (exact) mass is 307 g/mol. The molecule has 0 saturated carbocycles. The van der Waals surface area contributed by atoms with Crippen LogP contribution in [0.2, 0.25) is 0 Å². The lowest BCUT2D eigenvalue weighted by Crippen LogP contribution is -2.32. The first-order valence-corrected chi connectivity index (χ1v) is 6.25. The van der Waals surface area contributed by atoms with Gasteiger partial charge in [-0.25, -0.2) is 9.36 Å². The van der Waals surface area contributed by atoms with Gasteiger partial charge in [0.25, 0.3) is 5.95 Å². The van der Waals surface area contributed by atoms with E-state index in [2.05, 4.69) is 51.7 Å². The fourth-order valence-corrected chi connectivity index (χ4v) is 1.77. The number of hydrogen-bond donors (Lipinski definition) is 3. The molecule has 0 atom stereocenters. The predicted octanol–water partition coefficient (Wildman–Crippen LogP) is -3.46. The van der Waals surface area contributed by atoms with E-state index in [1.165, 1.54) is 9.36 Å². The van der Waals surface area contributed by atoms with E-state index < -0.39 is 0 Å². The summed E-state index contributed by atoms with van der Waals surface area (Å²) in [6.45, 7) is 1.94. The Labute approximate surface area is 122 Å². The molecule has 0 amide bonds. The lowest BCUT2D eigenvalue weighted by atomic mass is 10.4. The van der Waals surface area contributed by atoms with Crippen LogP contribution in [0.15, 0.2) is 0 Å². The van der Waals surface area contributed by atoms with Crippen LogP contribution < -0.4 is 16.4 Å². The van der Waals surface area contributed by atoms with E-state index in [4.69, 9.17) is 11.5 Å². The second-order valence-electron chi connectivity index (χ2n) is 4.22. The maximum absolute atomic E-state index is 5.63. The highest BCUT2D eigenvalue weighted by Gasteiger charge is 2.13. The number of nitrogen functional groups attached to an aromatic ring is 2. The van der Waals surface area contributed by atoms with E-state index >= 15 is 0 Å². The lowest BCUT2D eigenvalue weighted by Gasteiger charge is -2.20. The smallest absolute Gasteiger partial charge is 0.265 e. The Bertz CT molecular complexity index is 651. The Morgan fingerprint density at radius 3 is 1.91 bits per heavy atom. The van der Waals surface area contributed by atoms with Gasteiger partial charge in [-0.1, -0.05) is 15.3 Å². The summed E-state index contributed by atoms with van der Waals surface area (Å²) in [7, 11) is 0. The van der Waals surface area contributed by atoms with E-state index in [0.29, 0.717) is 32.1 Å². The van der Waals surface area contributed by atoms with Crippen molar-refractivity contribution in [2.75, 3.05) is 29.5 Å². The Hall–Kier alpha value is -3.39. The van der Waals surface area contributed by atoms with E-state index in [9.17, 15) is 0 Å². The summed E-state index contributed by atoms with van der Waals surface area (Å²) in [5.74, 6) is 0.897. The summed E-state index contributed by atoms with van der Waals surface area (Å²) >= 11 is 0. The minimum Gasteiger partial charge on any atom is -0.367 e. The molecular formula is C7H13N15. The molecule has 22 heavy (non-hydrogen) atoms. The summed E-state index contributed by atoms with van der Waals surface area (Å²) < 4.78 is 2.94. The number of H-pyrrole nitrogens is 1. The van der Waals surface area contributed by atoms with E-state index in [0.717, 1.165) is 0 Å². The van der Waals surface area contributed by atoms with Crippen LogP contribution in [0, 0.1) is 0 Å². The molecule has 0 aromatic carbocycles. The Kier molecular flexibility index (Phi) is 3.67. The number of hydrogen-bond acceptors (Lipinski definition) is 12. The third-order valence-corrected chi connectivity index (χ3v) is 2.90. The fourth-order valence-electron chi connectivity index (χ4n) is 1.77. The van der Waals surface area contributed by atoms with Crippen LogP contribution in [0.4, 0.5) is 17.8 Å². The summed E-state index contributed by atoms with van der Waals surface area (Å²) in [6.07, 6.45) is 0. The SMILES string of the molecule is Nc1nnnn1CCN(CCn1nnnc1N)c1nn[nH]n1. The highest BCUT2D eigenvalue weighted by molar-refractivity contribution is 5.25. The van der Waals surface area contributed by atoms with Crippen molar-refractivity contribution in [3.05, 3.63) is 0 Å². The van der Waals surface area contributed by atoms with Crippen LogP contribution in [0.25, 0.3) is 0 Å². The highest BCUT2D eigenvalue weighted by Crippen LogP contribution is 2.05. The van der Waals surface area contributed by atoms with Gasteiger partial charge in [-0.3, -0.25) is 0 Å². The summed E-state index contributed by atoms with van der Waals surface area (Å²) in [5, 5.41) is 35.6. The molecular weight excluding hydrogens is 294 g/mol. The van der Waals surface area contributed by atoms with Crippen LogP contribution >= 0.6 is 0 Å². The lowest BCUT2D eigenvalue weighted by molar-refractivity contribution is 0.539. The van der Waals surface area contributed by atoms with Gasteiger partial charge in [-0.05, 0) is 26.1 Å². The van der Waals surface area contributed by atoms with Crippen molar-refractivity contribution in [3.8, 4) is 0 Å². The molecule has 0 spiro atoms. The van der Waals surface area contributed by atoms with E-state index in [1.807, 2.05) is 4.90 Å². The van der Waals surface area contributed by atoms with Crippen molar-refractivity contribution in [2.45, 2.75) is 13.1 Å². The normalized spacial score (nSPS) is 10.9. The predicted molar refractivity (Wildman–Crippen MR) is 70.8 cm³/mol. The molecule has 116 valence electrons. The molecule has 3 heterocycles. The maximum atomic E-state index is 5.63. The van der Waals surface area contributed by atoms with Gasteiger partial charge in [0.1, 0.15) is 0 Å². The average molecular weight is 307 g/mol. The molecule has 0 saturated heterocycles. The van der Waals surface area contributed by atoms with Crippen molar-refractivity contribution >= 4 is 17.8 Å². The number of anilines is 3. The van der Waals surface area contributed by atoms with Gasteiger partial charge in [0.2, 0.25) is 11.9 Å². The zero-order valence-corrected chi connectivity index (χ0v) is 11.3. The van der Waals surface area contributed by atoms with Gasteiger partial charge in [-0.15, -0.1) is 5.10 Å². The zero-order chi connectivity index (χ0) is 15.4. The number of aromatic nitrogens is 12. The number of aromatic amines is 1. The molecule has 0 fully saturated rings. The maximum Gasteiger partial charge on any atom is 0.265 e. The summed E-state index contributed by atoms with van der Waals surface area (Å²) in [6, 6.07) is 0. The molecule has 5 N–H and O–H groups in total. The first kappa shape index (κ1) is 13.6. The van der Waals surface area contributed by atoms with Crippen molar-refractivity contribution in [3.63, 3.8) is 0 Å². The second kappa shape index (κ2) is 5.94. The largest absolute Gasteiger partial charge is 0.367 e. The highest BCUT2D eigenvalue weighted by atomic mass is 15.6. The Morgan fingerprint density at radius 2 is 1.50 bits per heavy atom. The molecule has 15 nitrogen and oxygen atoms in total. The number of tetrazole rings is 3. The summed E-state index contributed by atoms with van der Waals surface area (Å²) in [5.41, 5.74) is 11.3. The molecule has 0 aliphatic heterocycles. The van der Waals surface area contributed by atoms with E-state index in [-0.39, 0.29) is 11.9 Å². The zero-order valence-electron chi connectivity index (χ0n) is 11.3. The first-order valence-electron chi connectivity index (χ1n) is 6.25. The van der Waals surface area contributed by atoms with Gasteiger partial charge < -0.3 is 16.4 Å². The number of rotatable bonds is 7. The molecule has 0 unspecified atom stereocenters. The molecule has 0 bridgehead atoms. The number of nitrogens with one attached hydrogen (secondary N) is 1. The Balaban J connectivity index is 1.65. The molecule has 0 radical (unpaired) electrons. The molecule has 3 aromatic rings. The van der Waals surface area contributed by atoms with Crippen molar-refractivity contribution < 1.29 is 0 Å². The molecule has 15 heteroatoms. The number of nitrogens with zero attached hydrogens (tertiary/aromatic N) is 12. The van der Waals surface area contributed by atoms with Gasteiger partial charge in [0.05, 0.1) is 13.1 Å². The third kappa shape index (κ3) is 2.86. The van der Waals surface area contributed by atoms with Gasteiger partial charge >= 0.3 is 0 Å². The standard InChI is InChI=1S/C7H13N15/c8-5-10-16-18-21(5)3-1-20(7-12-14-15-13-7)2-4-22-6(9)11-17-19-22/h1-4H2,(H2,8,10,18)(H2,9,11,19)(H,12,13,14,15). The van der Waals surface area contributed by atoms with Crippen LogP contribution in [-0.2, 0) is 13.1 Å². The van der Waals surface area contributed by atoms with Gasteiger partial charge in [0.15, 0.2) is 0 Å². The minimum absolute atomic E-state index is 0.234. The Morgan fingerprint density at radius 1 is 0.909 bits per heavy atom. The van der Waals surface area contributed by atoms with Crippen LogP contribution in [0.3, 0.4) is 0 Å². The molecule has 3 rings (SSSR count).